The van der Waals surface area contributed by atoms with Crippen LogP contribution in [0.2, 0.25) is 0 Å². The van der Waals surface area contributed by atoms with Gasteiger partial charge in [-0.15, -0.1) is 0 Å². The van der Waals surface area contributed by atoms with Crippen molar-refractivity contribution in [2.24, 2.45) is 0 Å². The van der Waals surface area contributed by atoms with Crippen molar-refractivity contribution in [3.8, 4) is 22.8 Å². The second-order valence-corrected chi connectivity index (χ2v) is 10.1. The van der Waals surface area contributed by atoms with E-state index in [1.54, 1.807) is 27.7 Å². The van der Waals surface area contributed by atoms with E-state index in [4.69, 9.17) is 19.4 Å². The van der Waals surface area contributed by atoms with Gasteiger partial charge >= 0.3 is 11.9 Å². The summed E-state index contributed by atoms with van der Waals surface area (Å²) in [5.41, 5.74) is 3.17. The lowest BCUT2D eigenvalue weighted by Gasteiger charge is -2.14. The Kier molecular flexibility index (Phi) is 9.09. The molecule has 0 N–H and O–H groups in total. The lowest BCUT2D eigenvalue weighted by atomic mass is 10.2. The van der Waals surface area contributed by atoms with Crippen LogP contribution >= 0.6 is 21.6 Å². The van der Waals surface area contributed by atoms with Crippen LogP contribution < -0.4 is 0 Å². The number of carbonyl (C=O) groups excluding carboxylic acids is 2. The molecule has 0 saturated carbocycles. The van der Waals surface area contributed by atoms with Crippen molar-refractivity contribution in [3.63, 3.8) is 0 Å². The number of nitrogens with zero attached hydrogens (tertiary/aromatic N) is 4. The van der Waals surface area contributed by atoms with Gasteiger partial charge < -0.3 is 9.47 Å². The monoisotopic (exact) mass is 546 g/mol. The Morgan fingerprint density at radius 2 is 1.00 bits per heavy atom. The predicted molar refractivity (Wildman–Crippen MR) is 148 cm³/mol. The zero-order valence-electron chi connectivity index (χ0n) is 21.4. The number of hydrogen-bond acceptors (Lipinski definition) is 10. The van der Waals surface area contributed by atoms with Crippen LogP contribution in [0.5, 0.6) is 0 Å². The van der Waals surface area contributed by atoms with Gasteiger partial charge in [-0.05, 0) is 49.3 Å². The van der Waals surface area contributed by atoms with Gasteiger partial charge in [0.1, 0.15) is 21.2 Å². The van der Waals surface area contributed by atoms with Crippen LogP contribution in [0.4, 0.5) is 0 Å². The van der Waals surface area contributed by atoms with E-state index < -0.39 is 11.9 Å². The number of benzene rings is 2. The summed E-state index contributed by atoms with van der Waals surface area (Å²) in [4.78, 5) is 44.3. The van der Waals surface area contributed by atoms with Crippen molar-refractivity contribution >= 4 is 33.5 Å². The molecule has 0 unspecified atom stereocenters. The number of ether oxygens (including phenoxy) is 2. The molecule has 38 heavy (non-hydrogen) atoms. The minimum atomic E-state index is -0.512. The molecule has 0 spiro atoms. The van der Waals surface area contributed by atoms with Crippen LogP contribution in [0.15, 0.2) is 70.7 Å². The summed E-state index contributed by atoms with van der Waals surface area (Å²) >= 11 is 0. The van der Waals surface area contributed by atoms with Gasteiger partial charge in [0, 0.05) is 11.1 Å². The number of hydrogen-bond donors (Lipinski definition) is 0. The fourth-order valence-corrected chi connectivity index (χ4v) is 5.83. The Hall–Kier alpha value is -3.76. The van der Waals surface area contributed by atoms with Crippen LogP contribution in [-0.2, 0) is 9.47 Å². The van der Waals surface area contributed by atoms with Crippen molar-refractivity contribution < 1.29 is 19.1 Å². The van der Waals surface area contributed by atoms with E-state index in [0.29, 0.717) is 33.1 Å². The van der Waals surface area contributed by atoms with Crippen LogP contribution in [0.1, 0.15) is 46.0 Å². The van der Waals surface area contributed by atoms with E-state index in [9.17, 15) is 9.59 Å². The number of carbonyl (C=O) groups is 2. The van der Waals surface area contributed by atoms with Gasteiger partial charge in [-0.2, -0.15) is 0 Å². The standard InChI is InChI=1S/C28H26N4O4S2/c1-5-35-27(33)21-17(3)29-23(19-13-9-7-10-14-19)31-25(21)37-38-26-22(28(34)36-6-2)18(4)30-24(32-26)20-15-11-8-12-16-20/h7-16H,5-6H2,1-4H3. The second-order valence-electron chi connectivity index (χ2n) is 7.97. The molecule has 10 heteroatoms. The molecule has 0 aliphatic heterocycles. The van der Waals surface area contributed by atoms with Gasteiger partial charge in [0.15, 0.2) is 11.6 Å². The highest BCUT2D eigenvalue weighted by atomic mass is 33.1. The number of aryl methyl sites for hydroxylation is 2. The zero-order valence-corrected chi connectivity index (χ0v) is 23.1. The van der Waals surface area contributed by atoms with Crippen molar-refractivity contribution in [1.29, 1.82) is 0 Å². The molecule has 0 bridgehead atoms. The average Bonchev–Trinajstić information content (AvgIpc) is 2.92. The molecule has 2 heterocycles. The third kappa shape index (κ3) is 6.20. The highest BCUT2D eigenvalue weighted by Crippen LogP contribution is 2.41. The van der Waals surface area contributed by atoms with Gasteiger partial charge in [0.25, 0.3) is 0 Å². The Bertz CT molecular complexity index is 1340. The average molecular weight is 547 g/mol. The molecule has 8 nitrogen and oxygen atoms in total. The maximum Gasteiger partial charge on any atom is 0.342 e. The molecule has 0 fully saturated rings. The van der Waals surface area contributed by atoms with Crippen molar-refractivity contribution in [2.45, 2.75) is 37.7 Å². The summed E-state index contributed by atoms with van der Waals surface area (Å²) in [6.07, 6.45) is 0. The lowest BCUT2D eigenvalue weighted by molar-refractivity contribution is 0.0510. The van der Waals surface area contributed by atoms with Crippen molar-refractivity contribution in [3.05, 3.63) is 83.2 Å². The van der Waals surface area contributed by atoms with Crippen molar-refractivity contribution in [2.75, 3.05) is 13.2 Å². The number of rotatable bonds is 9. The van der Waals surface area contributed by atoms with E-state index in [-0.39, 0.29) is 24.3 Å². The van der Waals surface area contributed by atoms with Crippen LogP contribution in [-0.4, -0.2) is 45.1 Å². The first-order valence-corrected chi connectivity index (χ1v) is 14.1. The Morgan fingerprint density at radius 3 is 1.34 bits per heavy atom. The molecule has 0 amide bonds. The van der Waals surface area contributed by atoms with E-state index in [1.807, 2.05) is 60.7 Å². The van der Waals surface area contributed by atoms with E-state index >= 15 is 0 Å². The highest BCUT2D eigenvalue weighted by Gasteiger charge is 2.25. The molecule has 4 aromatic rings. The minimum absolute atomic E-state index is 0.217. The molecule has 2 aromatic carbocycles. The fraction of sp³-hybridized carbons (Fsp3) is 0.214. The summed E-state index contributed by atoms with van der Waals surface area (Å²) in [5, 5.41) is 0.819. The molecular formula is C28H26N4O4S2. The van der Waals surface area contributed by atoms with Gasteiger partial charge in [0.2, 0.25) is 0 Å². The number of esters is 2. The number of aromatic nitrogens is 4. The van der Waals surface area contributed by atoms with E-state index in [1.165, 1.54) is 21.6 Å². The minimum Gasteiger partial charge on any atom is -0.462 e. The SMILES string of the molecule is CCOC(=O)c1c(C)nc(-c2ccccc2)nc1SSc1nc(-c2ccccc2)nc(C)c1C(=O)OCC. The van der Waals surface area contributed by atoms with Gasteiger partial charge in [-0.1, -0.05) is 60.7 Å². The third-order valence-electron chi connectivity index (χ3n) is 5.34. The second kappa shape index (κ2) is 12.7. The lowest BCUT2D eigenvalue weighted by Crippen LogP contribution is -2.13. The van der Waals surface area contributed by atoms with Gasteiger partial charge in [0.05, 0.1) is 24.6 Å². The summed E-state index contributed by atoms with van der Waals surface area (Å²) in [5.74, 6) is -0.0632. The molecule has 0 radical (unpaired) electrons. The smallest absolute Gasteiger partial charge is 0.342 e. The summed E-state index contributed by atoms with van der Waals surface area (Å²) in [7, 11) is 2.41. The molecule has 2 aromatic heterocycles. The summed E-state index contributed by atoms with van der Waals surface area (Å²) < 4.78 is 10.6. The first-order chi connectivity index (χ1) is 18.4. The first kappa shape index (κ1) is 27.3. The molecule has 0 aliphatic rings. The molecule has 0 atom stereocenters. The van der Waals surface area contributed by atoms with Crippen molar-refractivity contribution in [1.82, 2.24) is 19.9 Å². The maximum absolute atomic E-state index is 12.9. The van der Waals surface area contributed by atoms with Crippen LogP contribution in [0, 0.1) is 13.8 Å². The maximum atomic E-state index is 12.9. The molecular weight excluding hydrogens is 520 g/mol. The Labute approximate surface area is 229 Å². The van der Waals surface area contributed by atoms with Crippen LogP contribution in [0.25, 0.3) is 22.8 Å². The van der Waals surface area contributed by atoms with Gasteiger partial charge in [-0.25, -0.2) is 29.5 Å². The normalized spacial score (nSPS) is 10.7. The van der Waals surface area contributed by atoms with E-state index in [2.05, 4.69) is 9.97 Å². The molecule has 0 aliphatic carbocycles. The largest absolute Gasteiger partial charge is 0.462 e. The Morgan fingerprint density at radius 1 is 0.632 bits per heavy atom. The summed E-state index contributed by atoms with van der Waals surface area (Å²) in [6, 6.07) is 19.0. The van der Waals surface area contributed by atoms with Crippen LogP contribution in [0.3, 0.4) is 0 Å². The zero-order chi connectivity index (χ0) is 27.1. The highest BCUT2D eigenvalue weighted by molar-refractivity contribution is 8.76. The third-order valence-corrected chi connectivity index (χ3v) is 7.52. The fourth-order valence-electron chi connectivity index (χ4n) is 3.60. The Balaban J connectivity index is 1.79. The predicted octanol–water partition coefficient (Wildman–Crippen LogP) is 6.37. The van der Waals surface area contributed by atoms with E-state index in [0.717, 1.165) is 11.1 Å². The first-order valence-electron chi connectivity index (χ1n) is 12.0. The van der Waals surface area contributed by atoms with Gasteiger partial charge in [-0.3, -0.25) is 0 Å². The topological polar surface area (TPSA) is 104 Å². The molecule has 4 rings (SSSR count). The summed E-state index contributed by atoms with van der Waals surface area (Å²) in [6.45, 7) is 7.43. The molecule has 194 valence electrons. The quantitative estimate of drug-likeness (QED) is 0.134. The molecule has 0 saturated heterocycles.